The number of allylic oxidation sites excluding steroid dienone is 4. The van der Waals surface area contributed by atoms with Crippen molar-refractivity contribution >= 4 is 0 Å². The SMILES string of the molecule is CCCCC/C=C/C/C=C/CCCCCCCC(N)CCCCC(C)C. The van der Waals surface area contributed by atoms with E-state index in [0.29, 0.717) is 6.04 Å². The maximum atomic E-state index is 6.23. The minimum Gasteiger partial charge on any atom is -0.328 e. The maximum Gasteiger partial charge on any atom is 0.00388 e. The number of unbranched alkanes of at least 4 members (excludes halogenated alkanes) is 9. The van der Waals surface area contributed by atoms with Crippen LogP contribution in [0.25, 0.3) is 0 Å². The molecule has 0 aliphatic carbocycles. The summed E-state index contributed by atoms with van der Waals surface area (Å²) in [5.74, 6) is 0.841. The second-order valence-corrected chi connectivity index (χ2v) is 8.46. The first-order chi connectivity index (χ1) is 12.7. The van der Waals surface area contributed by atoms with Crippen molar-refractivity contribution < 1.29 is 0 Å². The Hall–Kier alpha value is -0.560. The highest BCUT2D eigenvalue weighted by Gasteiger charge is 2.03. The molecule has 1 atom stereocenters. The van der Waals surface area contributed by atoms with Gasteiger partial charge in [-0.15, -0.1) is 0 Å². The van der Waals surface area contributed by atoms with Crippen LogP contribution < -0.4 is 5.73 Å². The first-order valence-corrected chi connectivity index (χ1v) is 11.7. The number of hydrogen-bond acceptors (Lipinski definition) is 1. The van der Waals surface area contributed by atoms with E-state index in [0.717, 1.165) is 12.3 Å². The molecule has 1 heteroatoms. The lowest BCUT2D eigenvalue weighted by Crippen LogP contribution is -2.19. The summed E-state index contributed by atoms with van der Waals surface area (Å²) in [7, 11) is 0. The lowest BCUT2D eigenvalue weighted by atomic mass is 9.99. The number of hydrogen-bond donors (Lipinski definition) is 1. The molecular weight excluding hydrogens is 314 g/mol. The molecule has 154 valence electrons. The van der Waals surface area contributed by atoms with E-state index in [1.54, 1.807) is 0 Å². The Morgan fingerprint density at radius 3 is 1.73 bits per heavy atom. The summed E-state index contributed by atoms with van der Waals surface area (Å²) < 4.78 is 0. The molecule has 2 N–H and O–H groups in total. The van der Waals surface area contributed by atoms with E-state index >= 15 is 0 Å². The van der Waals surface area contributed by atoms with Gasteiger partial charge in [-0.2, -0.15) is 0 Å². The fraction of sp³-hybridized carbons (Fsp3) is 0.840. The van der Waals surface area contributed by atoms with Gasteiger partial charge >= 0.3 is 0 Å². The highest BCUT2D eigenvalue weighted by molar-refractivity contribution is 4.92. The summed E-state index contributed by atoms with van der Waals surface area (Å²) in [5.41, 5.74) is 6.23. The molecule has 0 radical (unpaired) electrons. The second-order valence-electron chi connectivity index (χ2n) is 8.46. The highest BCUT2D eigenvalue weighted by Crippen LogP contribution is 2.13. The van der Waals surface area contributed by atoms with Gasteiger partial charge in [-0.1, -0.05) is 103 Å². The van der Waals surface area contributed by atoms with Crippen LogP contribution in [0.1, 0.15) is 124 Å². The molecule has 0 heterocycles. The molecule has 0 aromatic rings. The van der Waals surface area contributed by atoms with E-state index < -0.39 is 0 Å². The third kappa shape index (κ3) is 21.5. The Bertz CT molecular complexity index is 316. The Balaban J connectivity index is 3.26. The van der Waals surface area contributed by atoms with E-state index in [1.807, 2.05) is 0 Å². The molecule has 0 rings (SSSR count). The molecule has 0 aliphatic rings. The third-order valence-electron chi connectivity index (χ3n) is 5.13. The van der Waals surface area contributed by atoms with Crippen molar-refractivity contribution in [2.24, 2.45) is 11.7 Å². The fourth-order valence-electron chi connectivity index (χ4n) is 3.32. The van der Waals surface area contributed by atoms with Gasteiger partial charge in [-0.25, -0.2) is 0 Å². The molecule has 0 spiro atoms. The Morgan fingerprint density at radius 1 is 0.615 bits per heavy atom. The summed E-state index contributed by atoms with van der Waals surface area (Å²) in [6.45, 7) is 6.88. The minimum absolute atomic E-state index is 0.445. The fourth-order valence-corrected chi connectivity index (χ4v) is 3.32. The molecule has 0 aromatic heterocycles. The van der Waals surface area contributed by atoms with Gasteiger partial charge in [0.2, 0.25) is 0 Å². The predicted molar refractivity (Wildman–Crippen MR) is 121 cm³/mol. The molecule has 26 heavy (non-hydrogen) atoms. The Labute approximate surface area is 165 Å². The second kappa shape index (κ2) is 20.7. The van der Waals surface area contributed by atoms with Crippen molar-refractivity contribution in [3.05, 3.63) is 24.3 Å². The van der Waals surface area contributed by atoms with E-state index in [2.05, 4.69) is 45.1 Å². The van der Waals surface area contributed by atoms with E-state index in [4.69, 9.17) is 5.73 Å². The Kier molecular flexibility index (Phi) is 20.3. The summed E-state index contributed by atoms with van der Waals surface area (Å²) in [4.78, 5) is 0. The zero-order valence-electron chi connectivity index (χ0n) is 18.4. The van der Waals surface area contributed by atoms with Crippen molar-refractivity contribution in [3.8, 4) is 0 Å². The zero-order chi connectivity index (χ0) is 19.3. The van der Waals surface area contributed by atoms with Crippen LogP contribution in [0.4, 0.5) is 0 Å². The van der Waals surface area contributed by atoms with Crippen molar-refractivity contribution in [2.45, 2.75) is 130 Å². The molecule has 1 unspecified atom stereocenters. The molecule has 0 amide bonds. The van der Waals surface area contributed by atoms with Crippen molar-refractivity contribution in [3.63, 3.8) is 0 Å². The summed E-state index contributed by atoms with van der Waals surface area (Å²) in [5, 5.41) is 0. The van der Waals surface area contributed by atoms with Gasteiger partial charge < -0.3 is 5.73 Å². The molecule has 0 bridgehead atoms. The van der Waals surface area contributed by atoms with Gasteiger partial charge in [-0.05, 0) is 50.9 Å². The van der Waals surface area contributed by atoms with Gasteiger partial charge in [-0.3, -0.25) is 0 Å². The molecule has 0 saturated heterocycles. The standard InChI is InChI=1S/C25H49N/c1-4-5-6-7-8-9-10-11-12-13-14-15-16-17-18-22-25(26)23-20-19-21-24(2)3/h8-9,11-12,24-25H,4-7,10,13-23,26H2,1-3H3/b9-8+,12-11+. The molecule has 0 aromatic carbocycles. The van der Waals surface area contributed by atoms with E-state index in [-0.39, 0.29) is 0 Å². The molecule has 0 saturated carbocycles. The van der Waals surface area contributed by atoms with Crippen LogP contribution in [-0.2, 0) is 0 Å². The van der Waals surface area contributed by atoms with Gasteiger partial charge in [0.15, 0.2) is 0 Å². The number of nitrogens with two attached hydrogens (primary N) is 1. The lowest BCUT2D eigenvalue weighted by molar-refractivity contribution is 0.468. The zero-order valence-corrected chi connectivity index (χ0v) is 18.4. The monoisotopic (exact) mass is 363 g/mol. The molecule has 1 nitrogen and oxygen atoms in total. The van der Waals surface area contributed by atoms with Crippen molar-refractivity contribution in [2.75, 3.05) is 0 Å². The van der Waals surface area contributed by atoms with Gasteiger partial charge in [0, 0.05) is 6.04 Å². The van der Waals surface area contributed by atoms with Crippen LogP contribution in [-0.4, -0.2) is 6.04 Å². The van der Waals surface area contributed by atoms with E-state index in [1.165, 1.54) is 96.3 Å². The Morgan fingerprint density at radius 2 is 1.12 bits per heavy atom. The van der Waals surface area contributed by atoms with Gasteiger partial charge in [0.25, 0.3) is 0 Å². The minimum atomic E-state index is 0.445. The van der Waals surface area contributed by atoms with Crippen LogP contribution in [0.3, 0.4) is 0 Å². The van der Waals surface area contributed by atoms with Crippen LogP contribution in [0.2, 0.25) is 0 Å². The van der Waals surface area contributed by atoms with Crippen molar-refractivity contribution in [1.82, 2.24) is 0 Å². The predicted octanol–water partition coefficient (Wildman–Crippen LogP) is 8.34. The number of rotatable bonds is 19. The van der Waals surface area contributed by atoms with Crippen molar-refractivity contribution in [1.29, 1.82) is 0 Å². The molecular formula is C25H49N. The normalized spacial score (nSPS) is 13.4. The lowest BCUT2D eigenvalue weighted by Gasteiger charge is -2.11. The van der Waals surface area contributed by atoms with E-state index in [9.17, 15) is 0 Å². The molecule has 0 fully saturated rings. The third-order valence-corrected chi connectivity index (χ3v) is 5.13. The maximum absolute atomic E-state index is 6.23. The summed E-state index contributed by atoms with van der Waals surface area (Å²) in [6.07, 6.45) is 30.3. The topological polar surface area (TPSA) is 26.0 Å². The van der Waals surface area contributed by atoms with Crippen LogP contribution in [0, 0.1) is 5.92 Å². The summed E-state index contributed by atoms with van der Waals surface area (Å²) in [6, 6.07) is 0.445. The molecule has 0 aliphatic heterocycles. The smallest absolute Gasteiger partial charge is 0.00388 e. The first-order valence-electron chi connectivity index (χ1n) is 11.7. The largest absolute Gasteiger partial charge is 0.328 e. The van der Waals surface area contributed by atoms with Crippen LogP contribution in [0.15, 0.2) is 24.3 Å². The quantitative estimate of drug-likeness (QED) is 0.181. The van der Waals surface area contributed by atoms with Crippen LogP contribution >= 0.6 is 0 Å². The average molecular weight is 364 g/mol. The van der Waals surface area contributed by atoms with Crippen LogP contribution in [0.5, 0.6) is 0 Å². The first kappa shape index (κ1) is 25.4. The average Bonchev–Trinajstić information content (AvgIpc) is 2.62. The summed E-state index contributed by atoms with van der Waals surface area (Å²) >= 11 is 0. The van der Waals surface area contributed by atoms with Gasteiger partial charge in [0.05, 0.1) is 0 Å². The highest BCUT2D eigenvalue weighted by atomic mass is 14.6. The van der Waals surface area contributed by atoms with Gasteiger partial charge in [0.1, 0.15) is 0 Å².